The molecule has 2 unspecified atom stereocenters. The van der Waals surface area contributed by atoms with Gasteiger partial charge in [-0.2, -0.15) is 5.10 Å². The van der Waals surface area contributed by atoms with Crippen molar-refractivity contribution < 1.29 is 14.3 Å². The van der Waals surface area contributed by atoms with Gasteiger partial charge in [0, 0.05) is 49.4 Å². The molecule has 4 aliphatic rings. The zero-order chi connectivity index (χ0) is 25.6. The second kappa shape index (κ2) is 9.78. The second-order valence-electron chi connectivity index (χ2n) is 11.7. The molecule has 3 aliphatic heterocycles. The fraction of sp³-hybridized carbons (Fsp3) is 0.621. The maximum Gasteiger partial charge on any atom is 0.275 e. The average molecular weight is 506 g/mol. The maximum absolute atomic E-state index is 14.2. The summed E-state index contributed by atoms with van der Waals surface area (Å²) in [7, 11) is 1.82. The van der Waals surface area contributed by atoms with Crippen molar-refractivity contribution in [2.45, 2.75) is 82.3 Å². The fourth-order valence-corrected chi connectivity index (χ4v) is 6.80. The van der Waals surface area contributed by atoms with Crippen LogP contribution in [0.15, 0.2) is 24.3 Å². The van der Waals surface area contributed by atoms with Crippen LogP contribution in [0.2, 0.25) is 0 Å². The second-order valence-corrected chi connectivity index (χ2v) is 11.7. The lowest BCUT2D eigenvalue weighted by molar-refractivity contribution is -0.133. The van der Waals surface area contributed by atoms with E-state index in [2.05, 4.69) is 39.8 Å². The Bertz CT molecular complexity index is 1160. The number of nitrogens with zero attached hydrogens (tertiary/aromatic N) is 3. The van der Waals surface area contributed by atoms with Gasteiger partial charge in [0.15, 0.2) is 5.69 Å². The number of likely N-dealkylation sites (N-methyl/N-ethyl adjacent to an activating group) is 1. The molecule has 1 aromatic carbocycles. The summed E-state index contributed by atoms with van der Waals surface area (Å²) in [5.74, 6) is 0.729. The number of para-hydroxylation sites is 1. The van der Waals surface area contributed by atoms with Crippen molar-refractivity contribution in [3.63, 3.8) is 0 Å². The number of hydrogen-bond donors (Lipinski definition) is 2. The minimum Gasteiger partial charge on any atom is -0.376 e. The summed E-state index contributed by atoms with van der Waals surface area (Å²) < 4.78 is 5.36. The number of fused-ring (bicyclic) bond motifs is 2. The first kappa shape index (κ1) is 24.5. The predicted molar refractivity (Wildman–Crippen MR) is 141 cm³/mol. The molecule has 1 aromatic heterocycles. The van der Waals surface area contributed by atoms with Crippen LogP contribution in [0.4, 0.5) is 5.69 Å². The van der Waals surface area contributed by atoms with Gasteiger partial charge in [-0.15, -0.1) is 0 Å². The van der Waals surface area contributed by atoms with Gasteiger partial charge < -0.3 is 19.9 Å². The Hall–Kier alpha value is -2.87. The number of aromatic nitrogens is 2. The van der Waals surface area contributed by atoms with Gasteiger partial charge >= 0.3 is 0 Å². The highest BCUT2D eigenvalue weighted by atomic mass is 16.5. The summed E-state index contributed by atoms with van der Waals surface area (Å²) in [4.78, 5) is 31.2. The lowest BCUT2D eigenvalue weighted by Crippen LogP contribution is -2.60. The summed E-state index contributed by atoms with van der Waals surface area (Å²) >= 11 is 0. The number of carbonyl (C=O) groups excluding carboxylic acids is 2. The molecular formula is C29H39N5O3. The fourth-order valence-electron chi connectivity index (χ4n) is 6.80. The van der Waals surface area contributed by atoms with E-state index in [1.807, 2.05) is 18.9 Å². The number of carbonyl (C=O) groups is 2. The van der Waals surface area contributed by atoms with Crippen LogP contribution < -0.4 is 5.32 Å². The number of anilines is 1. The van der Waals surface area contributed by atoms with Crippen LogP contribution >= 0.6 is 0 Å². The molecule has 4 heterocycles. The quantitative estimate of drug-likeness (QED) is 0.653. The Morgan fingerprint density at radius 3 is 2.57 bits per heavy atom. The minimum absolute atomic E-state index is 0.114. The molecule has 1 saturated carbocycles. The third-order valence-corrected chi connectivity index (χ3v) is 9.30. The minimum atomic E-state index is -0.308. The van der Waals surface area contributed by atoms with E-state index in [-0.39, 0.29) is 29.3 Å². The highest BCUT2D eigenvalue weighted by Crippen LogP contribution is 2.45. The summed E-state index contributed by atoms with van der Waals surface area (Å²) in [6.45, 7) is 4.14. The van der Waals surface area contributed by atoms with E-state index in [1.54, 1.807) is 4.90 Å². The van der Waals surface area contributed by atoms with Crippen molar-refractivity contribution >= 4 is 17.5 Å². The maximum atomic E-state index is 14.2. The van der Waals surface area contributed by atoms with E-state index < -0.39 is 0 Å². The Morgan fingerprint density at radius 2 is 1.84 bits per heavy atom. The third kappa shape index (κ3) is 4.33. The first-order valence-corrected chi connectivity index (χ1v) is 14.0. The average Bonchev–Trinajstić information content (AvgIpc) is 3.47. The number of nitrogens with one attached hydrogen (secondary N) is 2. The SMILES string of the molecule is CN(C(=O)c1n[nH]c2c1CN(C(=O)C1Nc3ccccc3C1C1CCCCCCC1)CC2)C1(C)COC1. The third-order valence-electron chi connectivity index (χ3n) is 9.30. The van der Waals surface area contributed by atoms with Crippen LogP contribution in [-0.2, 0) is 22.5 Å². The van der Waals surface area contributed by atoms with Gasteiger partial charge in [-0.25, -0.2) is 0 Å². The monoisotopic (exact) mass is 505 g/mol. The first-order chi connectivity index (χ1) is 18.0. The van der Waals surface area contributed by atoms with Gasteiger partial charge in [-0.3, -0.25) is 14.7 Å². The van der Waals surface area contributed by atoms with E-state index in [1.165, 1.54) is 50.5 Å². The largest absolute Gasteiger partial charge is 0.376 e. The van der Waals surface area contributed by atoms with Crippen LogP contribution in [0.25, 0.3) is 0 Å². The molecule has 2 atom stereocenters. The van der Waals surface area contributed by atoms with Crippen molar-refractivity contribution in [2.24, 2.45) is 5.92 Å². The molecule has 198 valence electrons. The molecule has 6 rings (SSSR count). The molecule has 1 saturated heterocycles. The van der Waals surface area contributed by atoms with Crippen LogP contribution in [0.1, 0.15) is 85.1 Å². The van der Waals surface area contributed by atoms with Crippen molar-refractivity contribution in [3.05, 3.63) is 46.8 Å². The van der Waals surface area contributed by atoms with Crippen molar-refractivity contribution in [1.29, 1.82) is 0 Å². The summed E-state index contributed by atoms with van der Waals surface area (Å²) in [6, 6.07) is 8.21. The highest BCUT2D eigenvalue weighted by molar-refractivity contribution is 5.95. The van der Waals surface area contributed by atoms with Gasteiger partial charge in [0.2, 0.25) is 5.91 Å². The van der Waals surface area contributed by atoms with Crippen molar-refractivity contribution in [2.75, 3.05) is 32.1 Å². The Kier molecular flexibility index (Phi) is 6.47. The standard InChI is InChI=1S/C29H39N5O3/c1-29(17-37-18-29)33(2)27(35)25-21-16-34(15-14-23(21)31-32-25)28(36)26-24(19-10-6-4-3-5-7-11-19)20-12-8-9-13-22(20)30-26/h8-9,12-13,19,24,26,30H,3-7,10-11,14-18H2,1-2H3,(H,31,32). The number of H-pyrrole nitrogens is 1. The summed E-state index contributed by atoms with van der Waals surface area (Å²) in [6.07, 6.45) is 9.46. The highest BCUT2D eigenvalue weighted by Gasteiger charge is 2.45. The van der Waals surface area contributed by atoms with Crippen molar-refractivity contribution in [3.8, 4) is 0 Å². The molecule has 0 radical (unpaired) electrons. The normalized spacial score (nSPS) is 25.2. The molecule has 37 heavy (non-hydrogen) atoms. The number of rotatable bonds is 4. The predicted octanol–water partition coefficient (Wildman–Crippen LogP) is 4.09. The lowest BCUT2D eigenvalue weighted by atomic mass is 9.76. The number of ether oxygens (including phenoxy) is 1. The van der Waals surface area contributed by atoms with E-state index in [0.717, 1.165) is 16.9 Å². The molecule has 0 spiro atoms. The number of hydrogen-bond acceptors (Lipinski definition) is 5. The van der Waals surface area contributed by atoms with Gasteiger partial charge in [-0.1, -0.05) is 50.3 Å². The van der Waals surface area contributed by atoms with Gasteiger partial charge in [0.1, 0.15) is 6.04 Å². The van der Waals surface area contributed by atoms with E-state index in [4.69, 9.17) is 4.74 Å². The summed E-state index contributed by atoms with van der Waals surface area (Å²) in [5, 5.41) is 11.1. The topological polar surface area (TPSA) is 90.6 Å². The van der Waals surface area contributed by atoms with Gasteiger partial charge in [-0.05, 0) is 37.3 Å². The molecular weight excluding hydrogens is 466 g/mol. The smallest absolute Gasteiger partial charge is 0.275 e. The van der Waals surface area contributed by atoms with Gasteiger partial charge in [0.25, 0.3) is 5.91 Å². The first-order valence-electron chi connectivity index (χ1n) is 14.0. The lowest BCUT2D eigenvalue weighted by Gasteiger charge is -2.45. The molecule has 2 N–H and O–H groups in total. The molecule has 1 aliphatic carbocycles. The number of benzene rings is 1. The Balaban J connectivity index is 1.24. The Labute approximate surface area is 219 Å². The van der Waals surface area contributed by atoms with Crippen LogP contribution in [0, 0.1) is 5.92 Å². The molecule has 0 bridgehead atoms. The van der Waals surface area contributed by atoms with E-state index >= 15 is 0 Å². The van der Waals surface area contributed by atoms with E-state index in [0.29, 0.717) is 44.3 Å². The zero-order valence-electron chi connectivity index (χ0n) is 22.1. The molecule has 8 nitrogen and oxygen atoms in total. The zero-order valence-corrected chi connectivity index (χ0v) is 22.1. The molecule has 2 fully saturated rings. The molecule has 2 amide bonds. The molecule has 8 heteroatoms. The summed E-state index contributed by atoms with van der Waals surface area (Å²) in [5.41, 5.74) is 4.34. The van der Waals surface area contributed by atoms with Gasteiger partial charge in [0.05, 0.1) is 18.8 Å². The Morgan fingerprint density at radius 1 is 1.11 bits per heavy atom. The molecule has 2 aromatic rings. The van der Waals surface area contributed by atoms with Crippen molar-refractivity contribution in [1.82, 2.24) is 20.0 Å². The number of amides is 2. The van der Waals surface area contributed by atoms with Crippen LogP contribution in [0.5, 0.6) is 0 Å². The van der Waals surface area contributed by atoms with Crippen LogP contribution in [-0.4, -0.2) is 70.2 Å². The van der Waals surface area contributed by atoms with E-state index in [9.17, 15) is 9.59 Å². The van der Waals surface area contributed by atoms with Crippen LogP contribution in [0.3, 0.4) is 0 Å². The number of aromatic amines is 1.